The van der Waals surface area contributed by atoms with Crippen molar-refractivity contribution in [3.8, 4) is 0 Å². The van der Waals surface area contributed by atoms with Gasteiger partial charge in [0, 0.05) is 35.7 Å². The van der Waals surface area contributed by atoms with Crippen molar-refractivity contribution >= 4 is 23.4 Å². The summed E-state index contributed by atoms with van der Waals surface area (Å²) in [6.45, 7) is 4.40. The third-order valence-electron chi connectivity index (χ3n) is 5.20. The minimum absolute atomic E-state index is 0.0430. The number of carbonyl (C=O) groups is 3. The number of benzene rings is 1. The zero-order valence-corrected chi connectivity index (χ0v) is 16.0. The molecule has 0 spiro atoms. The number of nitrogens with one attached hydrogen (secondary N) is 1. The number of esters is 1. The lowest BCUT2D eigenvalue weighted by Gasteiger charge is -2.46. The van der Waals surface area contributed by atoms with Crippen LogP contribution in [0.3, 0.4) is 0 Å². The van der Waals surface area contributed by atoms with Crippen LogP contribution in [0.15, 0.2) is 35.5 Å². The predicted molar refractivity (Wildman–Crippen MR) is 98.5 cm³/mol. The quantitative estimate of drug-likeness (QED) is 0.428. The van der Waals surface area contributed by atoms with Gasteiger partial charge in [-0.15, -0.1) is 0 Å². The lowest BCUT2D eigenvalue weighted by atomic mass is 9.60. The predicted octanol–water partition coefficient (Wildman–Crippen LogP) is 2.17. The van der Waals surface area contributed by atoms with Gasteiger partial charge in [0.05, 0.1) is 17.6 Å². The van der Waals surface area contributed by atoms with Crippen molar-refractivity contribution in [1.82, 2.24) is 5.32 Å². The minimum Gasteiger partial charge on any atom is -0.481 e. The van der Waals surface area contributed by atoms with Crippen molar-refractivity contribution in [2.75, 3.05) is 7.11 Å². The number of carbonyl (C=O) groups excluding carboxylic acids is 2. The van der Waals surface area contributed by atoms with Crippen LogP contribution in [-0.2, 0) is 19.1 Å². The molecule has 1 heterocycles. The summed E-state index contributed by atoms with van der Waals surface area (Å²) in [6.07, 6.45) is -0.416. The second-order valence-corrected chi connectivity index (χ2v) is 6.87. The van der Waals surface area contributed by atoms with E-state index in [1.165, 1.54) is 31.2 Å². The average Bonchev–Trinajstić information content (AvgIpc) is 2.62. The average molecular weight is 390 g/mol. The maximum atomic E-state index is 12.6. The number of nitrogens with zero attached hydrogens (tertiary/aromatic N) is 1. The molecule has 1 aromatic rings. The largest absolute Gasteiger partial charge is 0.481 e. The second kappa shape index (κ2) is 7.79. The van der Waals surface area contributed by atoms with Crippen LogP contribution in [0, 0.1) is 15.5 Å². The monoisotopic (exact) mass is 390 g/mol. The van der Waals surface area contributed by atoms with Gasteiger partial charge in [0.25, 0.3) is 5.69 Å². The molecule has 0 fully saturated rings. The van der Waals surface area contributed by atoms with Gasteiger partial charge in [0.2, 0.25) is 0 Å². The van der Waals surface area contributed by atoms with Crippen LogP contribution in [0.5, 0.6) is 0 Å². The Morgan fingerprint density at radius 2 is 1.93 bits per heavy atom. The van der Waals surface area contributed by atoms with E-state index in [1.807, 2.05) is 0 Å². The third-order valence-corrected chi connectivity index (χ3v) is 5.20. The van der Waals surface area contributed by atoms with E-state index in [1.54, 1.807) is 13.8 Å². The molecular formula is C19H22N2O7. The number of ketones is 1. The number of aliphatic carboxylic acids is 1. The SMILES string of the molecule is COC(=O)C1=C(C)N[C@@H](C)[C@](CC(C)=O)(C(=O)O)[C@@H]1c1ccccc1[N+](=O)[O-]. The number of allylic oxidation sites excluding steroid dienone is 1. The second-order valence-electron chi connectivity index (χ2n) is 6.87. The van der Waals surface area contributed by atoms with Crippen molar-refractivity contribution < 1.29 is 29.2 Å². The lowest BCUT2D eigenvalue weighted by Crippen LogP contribution is -2.57. The van der Waals surface area contributed by atoms with Gasteiger partial charge >= 0.3 is 11.9 Å². The third kappa shape index (κ3) is 3.35. The first-order valence-corrected chi connectivity index (χ1v) is 8.59. The van der Waals surface area contributed by atoms with Crippen molar-refractivity contribution in [1.29, 1.82) is 0 Å². The number of carboxylic acid groups (broad SMARTS) is 1. The Morgan fingerprint density at radius 3 is 2.43 bits per heavy atom. The van der Waals surface area contributed by atoms with Gasteiger partial charge in [0.1, 0.15) is 11.2 Å². The van der Waals surface area contributed by atoms with Gasteiger partial charge in [-0.3, -0.25) is 19.7 Å². The van der Waals surface area contributed by atoms with E-state index in [-0.39, 0.29) is 16.8 Å². The molecule has 9 heteroatoms. The van der Waals surface area contributed by atoms with Gasteiger partial charge in [-0.1, -0.05) is 18.2 Å². The fraction of sp³-hybridized carbons (Fsp3) is 0.421. The highest BCUT2D eigenvalue weighted by Crippen LogP contribution is 2.52. The number of hydrogen-bond donors (Lipinski definition) is 2. The molecule has 0 saturated carbocycles. The number of Topliss-reactive ketones (excluding diaryl/α,β-unsaturated/α-hetero) is 1. The highest BCUT2D eigenvalue weighted by molar-refractivity contribution is 5.96. The van der Waals surface area contributed by atoms with E-state index < -0.39 is 46.4 Å². The lowest BCUT2D eigenvalue weighted by molar-refractivity contribution is -0.385. The standard InChI is InChI=1S/C19H22N2O7/c1-10(22)9-19(18(24)25)12(3)20-11(2)15(17(23)28-4)16(19)13-7-5-6-8-14(13)21(26)27/h5-8,12,16,20H,9H2,1-4H3,(H,24,25)/t12-,16+,19-/m0/s1. The molecule has 1 aromatic carbocycles. The summed E-state index contributed by atoms with van der Waals surface area (Å²) in [6, 6.07) is 4.85. The normalized spacial score (nSPS) is 24.3. The summed E-state index contributed by atoms with van der Waals surface area (Å²) in [4.78, 5) is 48.1. The molecule has 1 aliphatic heterocycles. The molecule has 0 amide bonds. The molecule has 0 aliphatic carbocycles. The molecule has 3 atom stereocenters. The van der Waals surface area contributed by atoms with E-state index in [2.05, 4.69) is 5.32 Å². The Bertz CT molecular complexity index is 877. The summed E-state index contributed by atoms with van der Waals surface area (Å²) in [5.41, 5.74) is -1.79. The van der Waals surface area contributed by atoms with Crippen LogP contribution in [0.4, 0.5) is 5.69 Å². The number of carboxylic acids is 1. The summed E-state index contributed by atoms with van der Waals surface area (Å²) in [7, 11) is 1.14. The number of rotatable bonds is 6. The number of nitro groups is 1. The molecule has 0 bridgehead atoms. The van der Waals surface area contributed by atoms with Crippen LogP contribution in [-0.4, -0.2) is 40.9 Å². The number of methoxy groups -OCH3 is 1. The van der Waals surface area contributed by atoms with Crippen LogP contribution in [0.2, 0.25) is 0 Å². The molecule has 0 saturated heterocycles. The Morgan fingerprint density at radius 1 is 1.32 bits per heavy atom. The molecule has 0 unspecified atom stereocenters. The van der Waals surface area contributed by atoms with E-state index in [0.29, 0.717) is 5.70 Å². The van der Waals surface area contributed by atoms with Crippen LogP contribution < -0.4 is 5.32 Å². The van der Waals surface area contributed by atoms with E-state index in [0.717, 1.165) is 7.11 Å². The highest BCUT2D eigenvalue weighted by atomic mass is 16.6. The molecule has 1 aliphatic rings. The summed E-state index contributed by atoms with van der Waals surface area (Å²) < 4.78 is 4.84. The molecule has 9 nitrogen and oxygen atoms in total. The molecule has 0 radical (unpaired) electrons. The minimum atomic E-state index is -1.82. The first-order chi connectivity index (χ1) is 13.1. The summed E-state index contributed by atoms with van der Waals surface area (Å²) >= 11 is 0. The number of nitro benzene ring substituents is 1. The number of hydrogen-bond acceptors (Lipinski definition) is 7. The van der Waals surface area contributed by atoms with Crippen LogP contribution >= 0.6 is 0 Å². The van der Waals surface area contributed by atoms with E-state index >= 15 is 0 Å². The Labute approximate surface area is 161 Å². The maximum absolute atomic E-state index is 12.6. The molecule has 28 heavy (non-hydrogen) atoms. The van der Waals surface area contributed by atoms with Crippen molar-refractivity contribution in [2.45, 2.75) is 39.2 Å². The smallest absolute Gasteiger partial charge is 0.336 e. The molecule has 2 rings (SSSR count). The van der Waals surface area contributed by atoms with E-state index in [4.69, 9.17) is 4.74 Å². The highest BCUT2D eigenvalue weighted by Gasteiger charge is 2.58. The number of para-hydroxylation sites is 1. The fourth-order valence-electron chi connectivity index (χ4n) is 4.02. The summed E-state index contributed by atoms with van der Waals surface area (Å²) in [5.74, 6) is -3.81. The van der Waals surface area contributed by atoms with E-state index in [9.17, 15) is 29.6 Å². The first kappa shape index (κ1) is 21.1. The Hall–Kier alpha value is -3.23. The fourth-order valence-corrected chi connectivity index (χ4v) is 4.02. The van der Waals surface area contributed by atoms with Gasteiger partial charge in [0.15, 0.2) is 0 Å². The van der Waals surface area contributed by atoms with Gasteiger partial charge < -0.3 is 15.2 Å². The summed E-state index contributed by atoms with van der Waals surface area (Å²) in [5, 5.41) is 24.8. The molecule has 0 aromatic heterocycles. The molecule has 150 valence electrons. The van der Waals surface area contributed by atoms with Crippen molar-refractivity contribution in [3.63, 3.8) is 0 Å². The maximum Gasteiger partial charge on any atom is 0.336 e. The first-order valence-electron chi connectivity index (χ1n) is 8.59. The van der Waals surface area contributed by atoms with Gasteiger partial charge in [-0.05, 0) is 20.8 Å². The zero-order valence-electron chi connectivity index (χ0n) is 16.0. The van der Waals surface area contributed by atoms with Crippen LogP contribution in [0.1, 0.15) is 38.7 Å². The molecule has 2 N–H and O–H groups in total. The molecular weight excluding hydrogens is 368 g/mol. The van der Waals surface area contributed by atoms with Crippen LogP contribution in [0.25, 0.3) is 0 Å². The van der Waals surface area contributed by atoms with Gasteiger partial charge in [-0.2, -0.15) is 0 Å². The number of ether oxygens (including phenoxy) is 1. The van der Waals surface area contributed by atoms with Crippen molar-refractivity contribution in [2.24, 2.45) is 5.41 Å². The zero-order chi connectivity index (χ0) is 21.2. The van der Waals surface area contributed by atoms with Crippen molar-refractivity contribution in [3.05, 3.63) is 51.2 Å². The Kier molecular flexibility index (Phi) is 5.86. The topological polar surface area (TPSA) is 136 Å². The Balaban J connectivity index is 2.96. The van der Waals surface area contributed by atoms with Gasteiger partial charge in [-0.25, -0.2) is 4.79 Å².